The SMILES string of the molecule is Cc1nc(-c2cc(F)cc(Br)c2)[nH]c(=O)c1C(C)C. The number of nitrogens with zero attached hydrogens (tertiary/aromatic N) is 1. The molecule has 0 aliphatic carbocycles. The van der Waals surface area contributed by atoms with Crippen LogP contribution < -0.4 is 5.56 Å². The van der Waals surface area contributed by atoms with Gasteiger partial charge in [0, 0.05) is 21.3 Å². The van der Waals surface area contributed by atoms with Gasteiger partial charge in [0.1, 0.15) is 11.6 Å². The van der Waals surface area contributed by atoms with Gasteiger partial charge in [-0.15, -0.1) is 0 Å². The molecular formula is C14H14BrFN2O. The number of aromatic amines is 1. The van der Waals surface area contributed by atoms with E-state index in [2.05, 4.69) is 25.9 Å². The molecular weight excluding hydrogens is 311 g/mol. The van der Waals surface area contributed by atoms with Gasteiger partial charge in [-0.25, -0.2) is 9.37 Å². The van der Waals surface area contributed by atoms with Crippen molar-refractivity contribution in [3.05, 3.63) is 50.1 Å². The Hall–Kier alpha value is -1.49. The summed E-state index contributed by atoms with van der Waals surface area (Å²) in [5.41, 5.74) is 1.72. The highest BCUT2D eigenvalue weighted by Crippen LogP contribution is 2.22. The Kier molecular flexibility index (Phi) is 3.85. The predicted molar refractivity (Wildman–Crippen MR) is 76.8 cm³/mol. The van der Waals surface area contributed by atoms with Crippen molar-refractivity contribution >= 4 is 15.9 Å². The van der Waals surface area contributed by atoms with E-state index in [1.807, 2.05) is 13.8 Å². The van der Waals surface area contributed by atoms with E-state index < -0.39 is 0 Å². The fourth-order valence-corrected chi connectivity index (χ4v) is 2.57. The number of H-pyrrole nitrogens is 1. The summed E-state index contributed by atoms with van der Waals surface area (Å²) >= 11 is 3.23. The van der Waals surface area contributed by atoms with E-state index in [-0.39, 0.29) is 17.3 Å². The molecule has 1 N–H and O–H groups in total. The van der Waals surface area contributed by atoms with Crippen LogP contribution in [0.1, 0.15) is 31.0 Å². The van der Waals surface area contributed by atoms with E-state index in [1.165, 1.54) is 12.1 Å². The number of nitrogens with one attached hydrogen (secondary N) is 1. The zero-order valence-electron chi connectivity index (χ0n) is 10.9. The van der Waals surface area contributed by atoms with Crippen molar-refractivity contribution in [2.75, 3.05) is 0 Å². The summed E-state index contributed by atoms with van der Waals surface area (Å²) in [7, 11) is 0. The van der Waals surface area contributed by atoms with Crippen molar-refractivity contribution in [1.29, 1.82) is 0 Å². The van der Waals surface area contributed by atoms with E-state index >= 15 is 0 Å². The lowest BCUT2D eigenvalue weighted by molar-refractivity contribution is 0.627. The fraction of sp³-hybridized carbons (Fsp3) is 0.286. The monoisotopic (exact) mass is 324 g/mol. The standard InChI is InChI=1S/C14H14BrFN2O/c1-7(2)12-8(3)17-13(18-14(12)19)9-4-10(15)6-11(16)5-9/h4-7H,1-3H3,(H,17,18,19). The van der Waals surface area contributed by atoms with E-state index in [0.717, 1.165) is 0 Å². The summed E-state index contributed by atoms with van der Waals surface area (Å²) in [5.74, 6) is 0.106. The summed E-state index contributed by atoms with van der Waals surface area (Å²) in [6, 6.07) is 4.42. The van der Waals surface area contributed by atoms with Gasteiger partial charge in [0.15, 0.2) is 0 Å². The number of benzene rings is 1. The molecule has 0 fully saturated rings. The maximum absolute atomic E-state index is 13.4. The summed E-state index contributed by atoms with van der Waals surface area (Å²) in [5, 5.41) is 0. The highest BCUT2D eigenvalue weighted by Gasteiger charge is 2.13. The molecule has 3 nitrogen and oxygen atoms in total. The number of aromatic nitrogens is 2. The second-order valence-corrected chi connectivity index (χ2v) is 5.64. The van der Waals surface area contributed by atoms with Crippen molar-refractivity contribution in [1.82, 2.24) is 9.97 Å². The Morgan fingerprint density at radius 1 is 1.32 bits per heavy atom. The van der Waals surface area contributed by atoms with Crippen LogP contribution in [0.4, 0.5) is 4.39 Å². The lowest BCUT2D eigenvalue weighted by atomic mass is 10.0. The summed E-state index contributed by atoms with van der Waals surface area (Å²) in [6.07, 6.45) is 0. The van der Waals surface area contributed by atoms with E-state index in [9.17, 15) is 9.18 Å². The van der Waals surface area contributed by atoms with E-state index in [0.29, 0.717) is 27.1 Å². The average molecular weight is 325 g/mol. The molecule has 0 aliphatic rings. The Bertz CT molecular complexity index is 659. The van der Waals surface area contributed by atoms with Gasteiger partial charge in [0.05, 0.1) is 0 Å². The van der Waals surface area contributed by atoms with Crippen LogP contribution in [0.15, 0.2) is 27.5 Å². The number of aryl methyl sites for hydroxylation is 1. The minimum Gasteiger partial charge on any atom is -0.306 e. The summed E-state index contributed by atoms with van der Waals surface area (Å²) < 4.78 is 14.0. The van der Waals surface area contributed by atoms with Crippen LogP contribution in [0.2, 0.25) is 0 Å². The molecule has 100 valence electrons. The quantitative estimate of drug-likeness (QED) is 0.913. The van der Waals surface area contributed by atoms with Gasteiger partial charge in [-0.2, -0.15) is 0 Å². The number of halogens is 2. The fourth-order valence-electron chi connectivity index (χ4n) is 2.10. The molecule has 2 rings (SSSR count). The third-order valence-electron chi connectivity index (χ3n) is 2.86. The third kappa shape index (κ3) is 2.92. The second-order valence-electron chi connectivity index (χ2n) is 4.73. The van der Waals surface area contributed by atoms with Crippen LogP contribution in [0.25, 0.3) is 11.4 Å². The van der Waals surface area contributed by atoms with Crippen molar-refractivity contribution < 1.29 is 4.39 Å². The first kappa shape index (κ1) is 13.9. The van der Waals surface area contributed by atoms with Gasteiger partial charge in [-0.1, -0.05) is 29.8 Å². The molecule has 0 aliphatic heterocycles. The molecule has 1 aromatic heterocycles. The molecule has 0 radical (unpaired) electrons. The lowest BCUT2D eigenvalue weighted by Crippen LogP contribution is -2.18. The van der Waals surface area contributed by atoms with Crippen molar-refractivity contribution in [3.63, 3.8) is 0 Å². The van der Waals surface area contributed by atoms with Gasteiger partial charge >= 0.3 is 0 Å². The van der Waals surface area contributed by atoms with E-state index in [1.54, 1.807) is 13.0 Å². The second kappa shape index (κ2) is 5.25. The highest BCUT2D eigenvalue weighted by atomic mass is 79.9. The normalized spacial score (nSPS) is 11.1. The van der Waals surface area contributed by atoms with Gasteiger partial charge in [0.2, 0.25) is 0 Å². The molecule has 1 aromatic carbocycles. The molecule has 0 spiro atoms. The van der Waals surface area contributed by atoms with Gasteiger partial charge in [0.25, 0.3) is 5.56 Å². The number of rotatable bonds is 2. The number of hydrogen-bond donors (Lipinski definition) is 1. The average Bonchev–Trinajstić information content (AvgIpc) is 2.25. The minimum absolute atomic E-state index is 0.101. The molecule has 2 aromatic rings. The van der Waals surface area contributed by atoms with Crippen LogP contribution in [-0.4, -0.2) is 9.97 Å². The van der Waals surface area contributed by atoms with Crippen molar-refractivity contribution in [3.8, 4) is 11.4 Å². The molecule has 5 heteroatoms. The van der Waals surface area contributed by atoms with Crippen LogP contribution >= 0.6 is 15.9 Å². The molecule has 1 heterocycles. The molecule has 0 atom stereocenters. The van der Waals surface area contributed by atoms with Crippen LogP contribution in [0, 0.1) is 12.7 Å². The molecule has 19 heavy (non-hydrogen) atoms. The molecule has 0 amide bonds. The Morgan fingerprint density at radius 2 is 2.00 bits per heavy atom. The molecule has 0 saturated heterocycles. The Balaban J connectivity index is 2.62. The molecule has 0 saturated carbocycles. The predicted octanol–water partition coefficient (Wildman–Crippen LogP) is 3.77. The molecule has 0 bridgehead atoms. The zero-order valence-corrected chi connectivity index (χ0v) is 12.5. The minimum atomic E-state index is -0.377. The van der Waals surface area contributed by atoms with Gasteiger partial charge < -0.3 is 4.98 Å². The van der Waals surface area contributed by atoms with Crippen molar-refractivity contribution in [2.45, 2.75) is 26.7 Å². The smallest absolute Gasteiger partial charge is 0.254 e. The maximum atomic E-state index is 13.4. The maximum Gasteiger partial charge on any atom is 0.254 e. The van der Waals surface area contributed by atoms with E-state index in [4.69, 9.17) is 0 Å². The summed E-state index contributed by atoms with van der Waals surface area (Å²) in [6.45, 7) is 5.68. The highest BCUT2D eigenvalue weighted by molar-refractivity contribution is 9.10. The molecule has 0 unspecified atom stereocenters. The van der Waals surface area contributed by atoms with Gasteiger partial charge in [-0.05, 0) is 31.0 Å². The lowest BCUT2D eigenvalue weighted by Gasteiger charge is -2.10. The number of hydrogen-bond acceptors (Lipinski definition) is 2. The first-order chi connectivity index (χ1) is 8.88. The first-order valence-corrected chi connectivity index (χ1v) is 6.75. The van der Waals surface area contributed by atoms with Crippen molar-refractivity contribution in [2.24, 2.45) is 0 Å². The van der Waals surface area contributed by atoms with Crippen LogP contribution in [-0.2, 0) is 0 Å². The summed E-state index contributed by atoms with van der Waals surface area (Å²) in [4.78, 5) is 19.1. The first-order valence-electron chi connectivity index (χ1n) is 5.95. The largest absolute Gasteiger partial charge is 0.306 e. The van der Waals surface area contributed by atoms with Gasteiger partial charge in [-0.3, -0.25) is 4.79 Å². The van der Waals surface area contributed by atoms with Crippen LogP contribution in [0.5, 0.6) is 0 Å². The third-order valence-corrected chi connectivity index (χ3v) is 3.32. The Morgan fingerprint density at radius 3 is 2.53 bits per heavy atom. The Labute approximate surface area is 119 Å². The topological polar surface area (TPSA) is 45.8 Å². The van der Waals surface area contributed by atoms with Crippen LogP contribution in [0.3, 0.4) is 0 Å². The zero-order chi connectivity index (χ0) is 14.2.